The minimum atomic E-state index is 0.346. The highest BCUT2D eigenvalue weighted by molar-refractivity contribution is 5.70. The molecule has 158 valence electrons. The van der Waals surface area contributed by atoms with Gasteiger partial charge in [-0.15, -0.1) is 0 Å². The fraction of sp³-hybridized carbons (Fsp3) is 0.200. The van der Waals surface area contributed by atoms with Gasteiger partial charge in [-0.2, -0.15) is 0 Å². The standard InChI is InChI=1S/C30H28N2/c1-3-11-23(12-4-1)25-15-7-9-17-27(25)29-30(32-21-19-31(29)20-22-32)28-18-10-8-16-26(28)24-13-5-2-6-14-24/h1-18,29-30H,19-22H2/t29-,30-/m0/s1. The summed E-state index contributed by atoms with van der Waals surface area (Å²) in [6, 6.07) is 40.5. The summed E-state index contributed by atoms with van der Waals surface area (Å²) in [4.78, 5) is 5.43. The third-order valence-corrected chi connectivity index (χ3v) is 7.16. The fourth-order valence-electron chi connectivity index (χ4n) is 5.70. The third kappa shape index (κ3) is 3.37. The number of nitrogens with zero attached hydrogens (tertiary/aromatic N) is 2. The molecule has 0 aliphatic carbocycles. The molecule has 0 amide bonds. The predicted octanol–water partition coefficient (Wildman–Crippen LogP) is 6.43. The van der Waals surface area contributed by atoms with Gasteiger partial charge < -0.3 is 0 Å². The molecular formula is C30H28N2. The quantitative estimate of drug-likeness (QED) is 0.378. The number of rotatable bonds is 4. The normalized spacial score (nSPS) is 24.4. The van der Waals surface area contributed by atoms with Gasteiger partial charge in [-0.3, -0.25) is 9.80 Å². The van der Waals surface area contributed by atoms with Crippen LogP contribution in [0, 0.1) is 0 Å². The molecule has 2 nitrogen and oxygen atoms in total. The Hall–Kier alpha value is -3.20. The highest BCUT2D eigenvalue weighted by Gasteiger charge is 2.43. The SMILES string of the molecule is c1ccc(-c2ccccc2[C@H]2[C@H](c3ccccc3-c3ccccc3)N3CCN2CC3)cc1. The number of benzene rings is 4. The summed E-state index contributed by atoms with van der Waals surface area (Å²) < 4.78 is 0. The van der Waals surface area contributed by atoms with E-state index in [9.17, 15) is 0 Å². The Morgan fingerprint density at radius 2 is 0.750 bits per heavy atom. The van der Waals surface area contributed by atoms with Gasteiger partial charge in [-0.25, -0.2) is 0 Å². The van der Waals surface area contributed by atoms with Crippen molar-refractivity contribution in [3.8, 4) is 22.3 Å². The summed E-state index contributed by atoms with van der Waals surface area (Å²) in [6.45, 7) is 4.55. The lowest BCUT2D eigenvalue weighted by molar-refractivity contribution is -0.0401. The summed E-state index contributed by atoms with van der Waals surface area (Å²) in [5.41, 5.74) is 8.20. The van der Waals surface area contributed by atoms with Gasteiger partial charge >= 0.3 is 0 Å². The van der Waals surface area contributed by atoms with Gasteiger partial charge in [0.05, 0.1) is 12.1 Å². The minimum absolute atomic E-state index is 0.346. The van der Waals surface area contributed by atoms with Crippen molar-refractivity contribution in [2.75, 3.05) is 26.2 Å². The number of hydrogen-bond donors (Lipinski definition) is 0. The largest absolute Gasteiger partial charge is 0.292 e. The van der Waals surface area contributed by atoms with E-state index in [4.69, 9.17) is 0 Å². The fourth-order valence-corrected chi connectivity index (χ4v) is 5.70. The molecule has 2 atom stereocenters. The minimum Gasteiger partial charge on any atom is -0.292 e. The molecular weight excluding hydrogens is 388 g/mol. The predicted molar refractivity (Wildman–Crippen MR) is 132 cm³/mol. The van der Waals surface area contributed by atoms with E-state index in [0.29, 0.717) is 12.1 Å². The van der Waals surface area contributed by atoms with E-state index in [-0.39, 0.29) is 0 Å². The molecule has 7 rings (SSSR count). The van der Waals surface area contributed by atoms with Gasteiger partial charge in [0.2, 0.25) is 0 Å². The first-order chi connectivity index (χ1) is 15.9. The molecule has 32 heavy (non-hydrogen) atoms. The van der Waals surface area contributed by atoms with Crippen molar-refractivity contribution in [1.82, 2.24) is 9.80 Å². The number of piperazine rings is 3. The molecule has 0 spiro atoms. The van der Waals surface area contributed by atoms with E-state index in [0.717, 1.165) is 26.2 Å². The zero-order valence-electron chi connectivity index (χ0n) is 18.3. The van der Waals surface area contributed by atoms with Gasteiger partial charge in [-0.1, -0.05) is 109 Å². The molecule has 0 radical (unpaired) electrons. The van der Waals surface area contributed by atoms with E-state index in [1.165, 1.54) is 33.4 Å². The maximum Gasteiger partial charge on any atom is 0.0552 e. The molecule has 0 unspecified atom stereocenters. The second-order valence-corrected chi connectivity index (χ2v) is 8.87. The van der Waals surface area contributed by atoms with Crippen LogP contribution in [0.3, 0.4) is 0 Å². The number of hydrogen-bond acceptors (Lipinski definition) is 2. The van der Waals surface area contributed by atoms with Crippen molar-refractivity contribution in [3.05, 3.63) is 120 Å². The van der Waals surface area contributed by atoms with Crippen LogP contribution in [0.25, 0.3) is 22.3 Å². The molecule has 0 N–H and O–H groups in total. The molecule has 0 aromatic heterocycles. The van der Waals surface area contributed by atoms with E-state index >= 15 is 0 Å². The molecule has 3 heterocycles. The lowest BCUT2D eigenvalue weighted by Gasteiger charge is -2.54. The molecule has 2 heteroatoms. The Kier molecular flexibility index (Phi) is 5.10. The molecule has 2 bridgehead atoms. The summed E-state index contributed by atoms with van der Waals surface area (Å²) >= 11 is 0. The first-order valence-corrected chi connectivity index (χ1v) is 11.7. The van der Waals surface area contributed by atoms with Gasteiger partial charge in [0.15, 0.2) is 0 Å². The van der Waals surface area contributed by atoms with Crippen LogP contribution in [0.1, 0.15) is 23.2 Å². The lowest BCUT2D eigenvalue weighted by atomic mass is 9.81. The molecule has 3 fully saturated rings. The van der Waals surface area contributed by atoms with Crippen LogP contribution in [-0.4, -0.2) is 36.0 Å². The van der Waals surface area contributed by atoms with Crippen LogP contribution < -0.4 is 0 Å². The Bertz CT molecular complexity index is 1100. The van der Waals surface area contributed by atoms with E-state index < -0.39 is 0 Å². The van der Waals surface area contributed by atoms with Crippen LogP contribution in [-0.2, 0) is 0 Å². The first-order valence-electron chi connectivity index (χ1n) is 11.7. The summed E-state index contributed by atoms with van der Waals surface area (Å²) in [6.07, 6.45) is 0. The van der Waals surface area contributed by atoms with E-state index in [1.54, 1.807) is 0 Å². The Labute approximate surface area is 190 Å². The third-order valence-electron chi connectivity index (χ3n) is 7.16. The summed E-state index contributed by atoms with van der Waals surface area (Å²) in [5.74, 6) is 0. The maximum atomic E-state index is 2.72. The summed E-state index contributed by atoms with van der Waals surface area (Å²) in [5, 5.41) is 0. The van der Waals surface area contributed by atoms with Crippen molar-refractivity contribution < 1.29 is 0 Å². The van der Waals surface area contributed by atoms with Crippen molar-refractivity contribution in [2.24, 2.45) is 0 Å². The molecule has 4 aromatic carbocycles. The number of fused-ring (bicyclic) bond motifs is 3. The van der Waals surface area contributed by atoms with Crippen molar-refractivity contribution in [2.45, 2.75) is 12.1 Å². The smallest absolute Gasteiger partial charge is 0.0552 e. The van der Waals surface area contributed by atoms with Gasteiger partial charge in [0.25, 0.3) is 0 Å². The average Bonchev–Trinajstić information content (AvgIpc) is 2.90. The Morgan fingerprint density at radius 3 is 1.16 bits per heavy atom. The van der Waals surface area contributed by atoms with E-state index in [1.807, 2.05) is 0 Å². The highest BCUT2D eigenvalue weighted by atomic mass is 15.4. The lowest BCUT2D eigenvalue weighted by Crippen LogP contribution is -2.58. The van der Waals surface area contributed by atoms with Crippen LogP contribution in [0.15, 0.2) is 109 Å². The van der Waals surface area contributed by atoms with Gasteiger partial charge in [-0.05, 0) is 33.4 Å². The Balaban J connectivity index is 1.52. The molecule has 3 saturated heterocycles. The van der Waals surface area contributed by atoms with Crippen LogP contribution in [0.2, 0.25) is 0 Å². The van der Waals surface area contributed by atoms with Crippen LogP contribution in [0.5, 0.6) is 0 Å². The highest BCUT2D eigenvalue weighted by Crippen LogP contribution is 2.48. The molecule has 3 aliphatic rings. The second kappa shape index (κ2) is 8.38. The van der Waals surface area contributed by atoms with Crippen LogP contribution in [0.4, 0.5) is 0 Å². The zero-order valence-corrected chi connectivity index (χ0v) is 18.3. The topological polar surface area (TPSA) is 6.48 Å². The molecule has 4 aromatic rings. The molecule has 0 saturated carbocycles. The molecule has 3 aliphatic heterocycles. The van der Waals surface area contributed by atoms with Crippen LogP contribution >= 0.6 is 0 Å². The average molecular weight is 417 g/mol. The van der Waals surface area contributed by atoms with Gasteiger partial charge in [0.1, 0.15) is 0 Å². The summed E-state index contributed by atoms with van der Waals surface area (Å²) in [7, 11) is 0. The second-order valence-electron chi connectivity index (χ2n) is 8.87. The Morgan fingerprint density at radius 1 is 0.406 bits per heavy atom. The first kappa shape index (κ1) is 19.5. The van der Waals surface area contributed by atoms with E-state index in [2.05, 4.69) is 119 Å². The zero-order chi connectivity index (χ0) is 21.3. The van der Waals surface area contributed by atoms with Crippen molar-refractivity contribution in [1.29, 1.82) is 0 Å². The van der Waals surface area contributed by atoms with Gasteiger partial charge in [0, 0.05) is 26.2 Å². The maximum absolute atomic E-state index is 2.72. The van der Waals surface area contributed by atoms with Crippen molar-refractivity contribution >= 4 is 0 Å². The monoisotopic (exact) mass is 416 g/mol. The van der Waals surface area contributed by atoms with Crippen molar-refractivity contribution in [3.63, 3.8) is 0 Å².